The number of pyridine rings is 1. The molecule has 0 aromatic carbocycles. The van der Waals surface area contributed by atoms with E-state index in [2.05, 4.69) is 0 Å². The molecule has 1 amide bonds. The van der Waals surface area contributed by atoms with Crippen molar-refractivity contribution in [3.05, 3.63) is 27.7 Å². The molecule has 1 aromatic rings. The number of hydrogen-bond donors (Lipinski definition) is 1. The number of fused-ring (bicyclic) bond motifs is 2. The molecule has 0 radical (unpaired) electrons. The maximum atomic E-state index is 13.3. The third kappa shape index (κ3) is 1.94. The van der Waals surface area contributed by atoms with Crippen molar-refractivity contribution >= 4 is 11.9 Å². The first-order chi connectivity index (χ1) is 11.9. The van der Waals surface area contributed by atoms with Gasteiger partial charge in [-0.3, -0.25) is 14.5 Å². The number of carbonyl (C=O) groups is 2. The molecule has 1 aromatic heterocycles. The number of amides is 1. The predicted octanol–water partition coefficient (Wildman–Crippen LogP) is 0.752. The van der Waals surface area contributed by atoms with Gasteiger partial charge in [-0.15, -0.1) is 0 Å². The molecule has 1 saturated heterocycles. The number of nitrogens with zero attached hydrogens (tertiary/aromatic N) is 2. The summed E-state index contributed by atoms with van der Waals surface area (Å²) in [7, 11) is 1.29. The van der Waals surface area contributed by atoms with E-state index in [1.54, 1.807) is 9.47 Å². The Labute approximate surface area is 143 Å². The lowest BCUT2D eigenvalue weighted by atomic mass is 9.93. The van der Waals surface area contributed by atoms with Crippen LogP contribution in [-0.2, 0) is 0 Å². The lowest BCUT2D eigenvalue weighted by Crippen LogP contribution is -2.67. The smallest absolute Gasteiger partial charge is 0.341 e. The first kappa shape index (κ1) is 16.1. The highest BCUT2D eigenvalue weighted by Crippen LogP contribution is 2.50. The second kappa shape index (κ2) is 5.32. The Morgan fingerprint density at radius 2 is 2.16 bits per heavy atom. The van der Waals surface area contributed by atoms with Gasteiger partial charge in [-0.05, 0) is 19.8 Å². The van der Waals surface area contributed by atoms with Crippen LogP contribution in [0.5, 0.6) is 5.75 Å². The zero-order chi connectivity index (χ0) is 17.9. The van der Waals surface area contributed by atoms with Crippen LogP contribution in [0.1, 0.15) is 59.5 Å². The van der Waals surface area contributed by atoms with Gasteiger partial charge in [0.2, 0.25) is 5.43 Å². The SMILES string of the molecule is COc1c2n(cc(C(=O)O)c1=O)[C@H]1CCC[C@]13[OH+]CC[C@@H](C)N3C2=O. The summed E-state index contributed by atoms with van der Waals surface area (Å²) in [6.07, 6.45) is 4.49. The molecule has 8 nitrogen and oxygen atoms in total. The van der Waals surface area contributed by atoms with Crippen molar-refractivity contribution in [2.75, 3.05) is 13.7 Å². The number of aromatic nitrogens is 1. The molecule has 3 atom stereocenters. The highest BCUT2D eigenvalue weighted by Gasteiger charge is 2.63. The van der Waals surface area contributed by atoms with Crippen LogP contribution in [0.25, 0.3) is 0 Å². The lowest BCUT2D eigenvalue weighted by Gasteiger charge is -2.50. The van der Waals surface area contributed by atoms with E-state index in [1.165, 1.54) is 13.3 Å². The normalized spacial score (nSPS) is 30.5. The minimum Gasteiger partial charge on any atom is -0.491 e. The fraction of sp³-hybridized carbons (Fsp3) is 0.588. The molecule has 0 unspecified atom stereocenters. The Morgan fingerprint density at radius 1 is 1.40 bits per heavy atom. The third-order valence-electron chi connectivity index (χ3n) is 5.73. The molecule has 134 valence electrons. The zero-order valence-electron chi connectivity index (χ0n) is 14.2. The molecule has 3 heterocycles. The lowest BCUT2D eigenvalue weighted by molar-refractivity contribution is -0.297. The van der Waals surface area contributed by atoms with E-state index < -0.39 is 17.1 Å². The molecule has 3 aliphatic rings. The Bertz CT molecular complexity index is 831. The quantitative estimate of drug-likeness (QED) is 0.794. The summed E-state index contributed by atoms with van der Waals surface area (Å²) >= 11 is 0. The minimum atomic E-state index is -1.32. The Kier molecular flexibility index (Phi) is 3.44. The highest BCUT2D eigenvalue weighted by atomic mass is 16.5. The minimum absolute atomic E-state index is 0.0123. The number of aliphatic hydroxyl groups is 2. The number of hydrogen-bond acceptors (Lipinski definition) is 4. The van der Waals surface area contributed by atoms with Crippen molar-refractivity contribution < 1.29 is 24.2 Å². The van der Waals surface area contributed by atoms with Crippen molar-refractivity contribution in [2.24, 2.45) is 0 Å². The summed E-state index contributed by atoms with van der Waals surface area (Å²) in [4.78, 5) is 39.1. The molecule has 1 aliphatic carbocycles. The van der Waals surface area contributed by atoms with Crippen molar-refractivity contribution in [2.45, 2.75) is 50.4 Å². The molecule has 1 saturated carbocycles. The molecule has 0 bridgehead atoms. The zero-order valence-corrected chi connectivity index (χ0v) is 14.2. The van der Waals surface area contributed by atoms with Crippen LogP contribution in [0.2, 0.25) is 0 Å². The summed E-state index contributed by atoms with van der Waals surface area (Å²) in [6.45, 7) is 2.68. The van der Waals surface area contributed by atoms with Gasteiger partial charge in [0.25, 0.3) is 11.6 Å². The number of methoxy groups -OCH3 is 1. The molecule has 2 N–H and O–H groups in total. The van der Waals surface area contributed by atoms with Gasteiger partial charge in [0.15, 0.2) is 11.4 Å². The molecular formula is C17H21N2O6+. The van der Waals surface area contributed by atoms with E-state index >= 15 is 0 Å². The maximum Gasteiger partial charge on any atom is 0.341 e. The Balaban J connectivity index is 2.03. The van der Waals surface area contributed by atoms with Crippen molar-refractivity contribution in [1.82, 2.24) is 9.47 Å². The average Bonchev–Trinajstić information content (AvgIpc) is 2.97. The molecule has 1 spiro atoms. The summed E-state index contributed by atoms with van der Waals surface area (Å²) in [6, 6.07) is -0.158. The van der Waals surface area contributed by atoms with Gasteiger partial charge in [0.05, 0.1) is 7.11 Å². The number of carboxylic acids is 1. The largest absolute Gasteiger partial charge is 0.491 e. The van der Waals surface area contributed by atoms with Crippen molar-refractivity contribution in [1.29, 1.82) is 0 Å². The Hall–Kier alpha value is -2.35. The van der Waals surface area contributed by atoms with E-state index in [0.29, 0.717) is 6.61 Å². The molecular weight excluding hydrogens is 328 g/mol. The van der Waals surface area contributed by atoms with E-state index in [-0.39, 0.29) is 35.0 Å². The van der Waals surface area contributed by atoms with Gasteiger partial charge in [0.1, 0.15) is 18.2 Å². The van der Waals surface area contributed by atoms with Crippen LogP contribution < -0.4 is 10.2 Å². The summed E-state index contributed by atoms with van der Waals surface area (Å²) in [5, 5.41) is 9.38. The van der Waals surface area contributed by atoms with Crippen LogP contribution in [0.4, 0.5) is 0 Å². The predicted molar refractivity (Wildman–Crippen MR) is 87.2 cm³/mol. The van der Waals surface area contributed by atoms with Crippen LogP contribution in [0, 0.1) is 0 Å². The average molecular weight is 349 g/mol. The van der Waals surface area contributed by atoms with Crippen LogP contribution in [0.15, 0.2) is 11.0 Å². The molecule has 4 rings (SSSR count). The number of carbonyl (C=O) groups excluding carboxylic acids is 1. The fourth-order valence-corrected chi connectivity index (χ4v) is 4.71. The summed E-state index contributed by atoms with van der Waals surface area (Å²) in [5.41, 5.74) is -1.64. The van der Waals surface area contributed by atoms with Crippen LogP contribution in [-0.4, -0.2) is 56.7 Å². The number of ether oxygens (including phenoxy) is 2. The first-order valence-corrected chi connectivity index (χ1v) is 8.51. The van der Waals surface area contributed by atoms with Gasteiger partial charge in [-0.25, -0.2) is 4.79 Å². The summed E-state index contributed by atoms with van der Waals surface area (Å²) in [5.74, 6) is -1.82. The van der Waals surface area contributed by atoms with Gasteiger partial charge in [-0.2, -0.15) is 0 Å². The number of carboxylic acid groups (broad SMARTS) is 1. The molecule has 2 fully saturated rings. The molecule has 25 heavy (non-hydrogen) atoms. The molecule has 8 heteroatoms. The fourth-order valence-electron chi connectivity index (χ4n) is 4.71. The van der Waals surface area contributed by atoms with Crippen LogP contribution >= 0.6 is 0 Å². The van der Waals surface area contributed by atoms with Crippen molar-refractivity contribution in [3.63, 3.8) is 0 Å². The van der Waals surface area contributed by atoms with Gasteiger partial charge in [-0.1, -0.05) is 0 Å². The van der Waals surface area contributed by atoms with E-state index in [1.807, 2.05) is 6.92 Å². The molecule has 2 aliphatic heterocycles. The standard InChI is InChI=1S/C17H20N2O6/c1-9-5-7-25-17-6-3-4-11(17)18-8-10(16(22)23)13(20)14(24-2)12(18)15(21)19(9)17/h8-9,11H,3-7H2,1-2H3,(H,22,23)/p+1/t9-,11+,17+/m1/s1. The van der Waals surface area contributed by atoms with E-state index in [4.69, 9.17) is 9.47 Å². The highest BCUT2D eigenvalue weighted by molar-refractivity contribution is 5.98. The van der Waals surface area contributed by atoms with E-state index in [0.717, 1.165) is 25.7 Å². The van der Waals surface area contributed by atoms with E-state index in [9.17, 15) is 19.5 Å². The second-order valence-electron chi connectivity index (χ2n) is 6.95. The summed E-state index contributed by atoms with van der Waals surface area (Å²) < 4.78 is 11.6. The van der Waals surface area contributed by atoms with Gasteiger partial charge < -0.3 is 19.1 Å². The second-order valence-corrected chi connectivity index (χ2v) is 6.95. The third-order valence-corrected chi connectivity index (χ3v) is 5.73. The maximum absolute atomic E-state index is 13.3. The topological polar surface area (TPSA) is 102 Å². The number of rotatable bonds is 2. The van der Waals surface area contributed by atoms with Gasteiger partial charge in [0, 0.05) is 25.1 Å². The van der Waals surface area contributed by atoms with Crippen molar-refractivity contribution in [3.8, 4) is 5.75 Å². The van der Waals surface area contributed by atoms with Crippen LogP contribution in [0.3, 0.4) is 0 Å². The monoisotopic (exact) mass is 349 g/mol. The number of aromatic carboxylic acids is 1. The van der Waals surface area contributed by atoms with Gasteiger partial charge >= 0.3 is 5.97 Å². The first-order valence-electron chi connectivity index (χ1n) is 8.51. The Morgan fingerprint density at radius 3 is 2.84 bits per heavy atom.